The monoisotopic (exact) mass is 460 g/mol. The van der Waals surface area contributed by atoms with E-state index in [-0.39, 0.29) is 12.7 Å². The van der Waals surface area contributed by atoms with Gasteiger partial charge in [-0.3, -0.25) is 0 Å². The van der Waals surface area contributed by atoms with Crippen LogP contribution in [-0.4, -0.2) is 82.2 Å². The summed E-state index contributed by atoms with van der Waals surface area (Å²) in [4.78, 5) is 20.3. The quantitative estimate of drug-likeness (QED) is 0.691. The first kappa shape index (κ1) is 23.1. The van der Waals surface area contributed by atoms with Gasteiger partial charge in [0.15, 0.2) is 0 Å². The highest BCUT2D eigenvalue weighted by Gasteiger charge is 2.37. The number of hydrogen-bond donors (Lipinski definition) is 1. The molecule has 2 aliphatic heterocycles. The molecular weight excluding hydrogens is 432 g/mol. The van der Waals surface area contributed by atoms with Gasteiger partial charge in [-0.25, -0.2) is 22.9 Å². The molecule has 2 aliphatic rings. The summed E-state index contributed by atoms with van der Waals surface area (Å²) in [6.07, 6.45) is 5.33. The van der Waals surface area contributed by atoms with Crippen molar-refractivity contribution in [2.75, 3.05) is 44.5 Å². The second-order valence-corrected chi connectivity index (χ2v) is 9.89. The van der Waals surface area contributed by atoms with Gasteiger partial charge >= 0.3 is 6.09 Å². The van der Waals surface area contributed by atoms with Crippen LogP contribution in [0.2, 0.25) is 5.02 Å². The fraction of sp³-hybridized carbons (Fsp3) is 0.684. The minimum Gasteiger partial charge on any atom is -0.453 e. The van der Waals surface area contributed by atoms with E-state index in [1.54, 1.807) is 17.2 Å². The maximum Gasteiger partial charge on any atom is 0.409 e. The van der Waals surface area contributed by atoms with E-state index in [0.29, 0.717) is 24.4 Å². The van der Waals surface area contributed by atoms with Crippen molar-refractivity contribution >= 4 is 33.5 Å². The van der Waals surface area contributed by atoms with Crippen molar-refractivity contribution in [1.29, 1.82) is 0 Å². The molecule has 0 aromatic carbocycles. The number of carbonyl (C=O) groups is 1. The third-order valence-corrected chi connectivity index (χ3v) is 6.56. The van der Waals surface area contributed by atoms with Gasteiger partial charge in [-0.1, -0.05) is 11.6 Å². The molecular formula is C19H29ClN4O5S. The number of hydrogen-bond acceptors (Lipinski definition) is 7. The van der Waals surface area contributed by atoms with E-state index in [1.807, 2.05) is 6.07 Å². The number of ether oxygens (including phenoxy) is 2. The van der Waals surface area contributed by atoms with E-state index in [0.717, 1.165) is 38.0 Å². The van der Waals surface area contributed by atoms with Gasteiger partial charge in [-0.15, -0.1) is 0 Å². The number of anilines is 1. The molecule has 1 aromatic heterocycles. The van der Waals surface area contributed by atoms with Gasteiger partial charge in [0.25, 0.3) is 0 Å². The summed E-state index contributed by atoms with van der Waals surface area (Å²) >= 11 is 6.24. The lowest BCUT2D eigenvalue weighted by Crippen LogP contribution is -2.59. The smallest absolute Gasteiger partial charge is 0.409 e. The predicted molar refractivity (Wildman–Crippen MR) is 114 cm³/mol. The molecule has 30 heavy (non-hydrogen) atoms. The Morgan fingerprint density at radius 1 is 1.30 bits per heavy atom. The lowest BCUT2D eigenvalue weighted by Gasteiger charge is -2.41. The average Bonchev–Trinajstić information content (AvgIpc) is 2.72. The van der Waals surface area contributed by atoms with E-state index in [4.69, 9.17) is 21.1 Å². The molecule has 2 saturated heterocycles. The fourth-order valence-electron chi connectivity index (χ4n) is 4.10. The van der Waals surface area contributed by atoms with E-state index >= 15 is 0 Å². The predicted octanol–water partition coefficient (Wildman–Crippen LogP) is 1.87. The van der Waals surface area contributed by atoms with Crippen molar-refractivity contribution in [3.63, 3.8) is 0 Å². The summed E-state index contributed by atoms with van der Waals surface area (Å²) in [6.45, 7) is 2.28. The number of aromatic nitrogens is 1. The van der Waals surface area contributed by atoms with Crippen molar-refractivity contribution in [3.05, 3.63) is 23.4 Å². The summed E-state index contributed by atoms with van der Waals surface area (Å²) in [5.74, 6) is 0.777. The van der Waals surface area contributed by atoms with Crippen LogP contribution in [0.4, 0.5) is 10.6 Å². The number of nitrogens with zero attached hydrogens (tertiary/aromatic N) is 3. The first-order chi connectivity index (χ1) is 14.3. The van der Waals surface area contributed by atoms with Crippen molar-refractivity contribution in [2.45, 2.75) is 43.9 Å². The van der Waals surface area contributed by atoms with E-state index in [2.05, 4.69) is 14.6 Å². The zero-order valence-corrected chi connectivity index (χ0v) is 18.9. The Labute approximate surface area is 182 Å². The van der Waals surface area contributed by atoms with Crippen LogP contribution in [0.5, 0.6) is 0 Å². The maximum absolute atomic E-state index is 12.2. The van der Waals surface area contributed by atoms with Gasteiger partial charge in [-0.05, 0) is 37.8 Å². The number of piperidine rings is 2. The number of amides is 1. The lowest BCUT2D eigenvalue weighted by molar-refractivity contribution is -0.0181. The zero-order chi connectivity index (χ0) is 21.7. The van der Waals surface area contributed by atoms with Crippen LogP contribution in [0.3, 0.4) is 0 Å². The third kappa shape index (κ3) is 5.96. The standard InChI is InChI=1S/C19H29ClN4O5S/c1-28-19(25)24-10-4-6-16(22-30(2,26)27)17(24)13-29-14-7-11-23(12-8-14)18-15(20)5-3-9-21-18/h3,5,9,14,16-17,22H,4,6-8,10-13H2,1-2H3/t16-,17-/m0/s1. The molecule has 0 bridgehead atoms. The molecule has 0 radical (unpaired) electrons. The van der Waals surface area contributed by atoms with Crippen molar-refractivity contribution < 1.29 is 22.7 Å². The van der Waals surface area contributed by atoms with E-state index in [9.17, 15) is 13.2 Å². The number of likely N-dealkylation sites (tertiary alicyclic amines) is 1. The Kier molecular flexibility index (Phi) is 7.78. The number of halogens is 1. The van der Waals surface area contributed by atoms with Crippen molar-refractivity contribution in [1.82, 2.24) is 14.6 Å². The molecule has 0 unspecified atom stereocenters. The number of carbonyl (C=O) groups excluding carboxylic acids is 1. The maximum atomic E-state index is 12.2. The number of rotatable bonds is 6. The van der Waals surface area contributed by atoms with Crippen LogP contribution in [0.15, 0.2) is 18.3 Å². The second-order valence-electron chi connectivity index (χ2n) is 7.70. The molecule has 9 nitrogen and oxygen atoms in total. The van der Waals surface area contributed by atoms with Gasteiger partial charge in [0.2, 0.25) is 10.0 Å². The van der Waals surface area contributed by atoms with Crippen LogP contribution in [0.25, 0.3) is 0 Å². The first-order valence-electron chi connectivity index (χ1n) is 10.1. The number of nitrogens with one attached hydrogen (secondary N) is 1. The van der Waals surface area contributed by atoms with Crippen LogP contribution < -0.4 is 9.62 Å². The lowest BCUT2D eigenvalue weighted by atomic mass is 9.97. The third-order valence-electron chi connectivity index (χ3n) is 5.54. The SMILES string of the molecule is COC(=O)N1CCC[C@H](NS(C)(=O)=O)[C@@H]1COC1CCN(c2ncccc2Cl)CC1. The summed E-state index contributed by atoms with van der Waals surface area (Å²) in [7, 11) is -2.08. The highest BCUT2D eigenvalue weighted by Crippen LogP contribution is 2.27. The Morgan fingerprint density at radius 3 is 2.67 bits per heavy atom. The van der Waals surface area contributed by atoms with Crippen LogP contribution in [0.1, 0.15) is 25.7 Å². The minimum atomic E-state index is -3.41. The summed E-state index contributed by atoms with van der Waals surface area (Å²) in [6, 6.07) is 2.82. The van der Waals surface area contributed by atoms with Crippen LogP contribution in [0, 0.1) is 0 Å². The van der Waals surface area contributed by atoms with Gasteiger partial charge in [0.1, 0.15) is 5.82 Å². The Balaban J connectivity index is 1.60. The van der Waals surface area contributed by atoms with Crippen LogP contribution in [-0.2, 0) is 19.5 Å². The zero-order valence-electron chi connectivity index (χ0n) is 17.3. The van der Waals surface area contributed by atoms with Crippen molar-refractivity contribution in [3.8, 4) is 0 Å². The molecule has 1 aromatic rings. The Hall–Kier alpha value is -1.62. The number of methoxy groups -OCH3 is 1. The highest BCUT2D eigenvalue weighted by atomic mass is 35.5. The Morgan fingerprint density at radius 2 is 2.03 bits per heavy atom. The number of pyridine rings is 1. The summed E-state index contributed by atoms with van der Waals surface area (Å²) in [5.41, 5.74) is 0. The molecule has 11 heteroatoms. The van der Waals surface area contributed by atoms with Gasteiger partial charge in [0, 0.05) is 31.9 Å². The second kappa shape index (κ2) is 10.1. The van der Waals surface area contributed by atoms with Gasteiger partial charge < -0.3 is 19.3 Å². The molecule has 1 N–H and O–H groups in total. The summed E-state index contributed by atoms with van der Waals surface area (Å²) < 4.78 is 37.3. The largest absolute Gasteiger partial charge is 0.453 e. The fourth-order valence-corrected chi connectivity index (χ4v) is 5.16. The normalized spacial score (nSPS) is 23.4. The first-order valence-corrected chi connectivity index (χ1v) is 12.3. The molecule has 2 atom stereocenters. The van der Waals surface area contributed by atoms with E-state index in [1.165, 1.54) is 7.11 Å². The highest BCUT2D eigenvalue weighted by molar-refractivity contribution is 7.88. The molecule has 2 fully saturated rings. The molecule has 1 amide bonds. The van der Waals surface area contributed by atoms with Gasteiger partial charge in [-0.2, -0.15) is 0 Å². The Bertz CT molecular complexity index is 832. The molecule has 0 saturated carbocycles. The topological polar surface area (TPSA) is 101 Å². The molecule has 0 spiro atoms. The van der Waals surface area contributed by atoms with Crippen molar-refractivity contribution in [2.24, 2.45) is 0 Å². The van der Waals surface area contributed by atoms with E-state index < -0.39 is 28.2 Å². The average molecular weight is 461 g/mol. The minimum absolute atomic E-state index is 0.0176. The molecule has 0 aliphatic carbocycles. The van der Waals surface area contributed by atoms with Gasteiger partial charge in [0.05, 0.1) is 37.1 Å². The van der Waals surface area contributed by atoms with Crippen LogP contribution >= 0.6 is 11.6 Å². The summed E-state index contributed by atoms with van der Waals surface area (Å²) in [5, 5.41) is 0.627. The molecule has 3 heterocycles. The molecule has 3 rings (SSSR count). The number of sulfonamides is 1. The molecule has 168 valence electrons.